The summed E-state index contributed by atoms with van der Waals surface area (Å²) in [5.74, 6) is 0. The van der Waals surface area contributed by atoms with E-state index in [9.17, 15) is 0 Å². The molecule has 2 aliphatic heterocycles. The number of hydrogen-bond donors (Lipinski definition) is 1. The molecule has 0 aliphatic carbocycles. The van der Waals surface area contributed by atoms with Crippen LogP contribution in [-0.4, -0.2) is 29.4 Å². The lowest BCUT2D eigenvalue weighted by Gasteiger charge is -2.26. The molecule has 0 aromatic carbocycles. The molecular weight excluding hydrogens is 158 g/mol. The van der Waals surface area contributed by atoms with Crippen LogP contribution >= 0.6 is 11.8 Å². The smallest absolute Gasteiger partial charge is 0.0932 e. The van der Waals surface area contributed by atoms with E-state index in [1.54, 1.807) is 0 Å². The summed E-state index contributed by atoms with van der Waals surface area (Å²) >= 11 is 2.05. The maximum absolute atomic E-state index is 5.56. The van der Waals surface area contributed by atoms with Crippen LogP contribution in [0.2, 0.25) is 0 Å². The van der Waals surface area contributed by atoms with Gasteiger partial charge in [-0.15, -0.1) is 11.8 Å². The van der Waals surface area contributed by atoms with Crippen LogP contribution in [0, 0.1) is 0 Å². The van der Waals surface area contributed by atoms with Crippen LogP contribution in [0.3, 0.4) is 0 Å². The molecule has 0 aromatic heterocycles. The Morgan fingerprint density at radius 3 is 2.82 bits per heavy atom. The predicted octanol–water partition coefficient (Wildman–Crippen LogP) is 1.22. The minimum atomic E-state index is 0.263. The first kappa shape index (κ1) is 7.90. The molecule has 2 saturated heterocycles. The van der Waals surface area contributed by atoms with Crippen molar-refractivity contribution in [3.05, 3.63) is 0 Å². The second kappa shape index (κ2) is 2.64. The van der Waals surface area contributed by atoms with Crippen LogP contribution in [0.1, 0.15) is 20.3 Å². The van der Waals surface area contributed by atoms with Crippen molar-refractivity contribution in [2.24, 2.45) is 0 Å². The molecule has 3 heteroatoms. The van der Waals surface area contributed by atoms with Gasteiger partial charge in [0.1, 0.15) is 0 Å². The van der Waals surface area contributed by atoms with E-state index in [-0.39, 0.29) is 4.87 Å². The first-order valence-electron chi connectivity index (χ1n) is 4.27. The van der Waals surface area contributed by atoms with Crippen LogP contribution in [0.5, 0.6) is 0 Å². The van der Waals surface area contributed by atoms with Gasteiger partial charge in [-0.2, -0.15) is 0 Å². The highest BCUT2D eigenvalue weighted by molar-refractivity contribution is 8.01. The minimum Gasteiger partial charge on any atom is -0.376 e. The number of ether oxygens (including phenoxy) is 1. The summed E-state index contributed by atoms with van der Waals surface area (Å²) in [6, 6.07) is 0. The molecule has 1 spiro atoms. The van der Waals surface area contributed by atoms with Gasteiger partial charge in [0.2, 0.25) is 0 Å². The third kappa shape index (κ3) is 1.19. The van der Waals surface area contributed by atoms with Gasteiger partial charge in [0, 0.05) is 24.8 Å². The maximum Gasteiger partial charge on any atom is 0.0932 e. The average Bonchev–Trinajstić information content (AvgIpc) is 2.46. The molecule has 2 fully saturated rings. The Bertz CT molecular complexity index is 164. The summed E-state index contributed by atoms with van der Waals surface area (Å²) in [5, 5.41) is 4.32. The standard InChI is InChI=1S/C8H15NOS/c1-6-5-9-8(11-6)3-4-10-7(8)2/h6-7,9H,3-5H2,1-2H3. The molecule has 2 heterocycles. The summed E-state index contributed by atoms with van der Waals surface area (Å²) in [4.78, 5) is 0.263. The van der Waals surface area contributed by atoms with E-state index < -0.39 is 0 Å². The summed E-state index contributed by atoms with van der Waals surface area (Å²) in [6.07, 6.45) is 1.56. The summed E-state index contributed by atoms with van der Waals surface area (Å²) < 4.78 is 5.56. The van der Waals surface area contributed by atoms with E-state index in [0.717, 1.165) is 18.4 Å². The molecule has 3 atom stereocenters. The molecule has 64 valence electrons. The van der Waals surface area contributed by atoms with Gasteiger partial charge in [-0.05, 0) is 6.92 Å². The fraction of sp³-hybridized carbons (Fsp3) is 1.00. The Hall–Kier alpha value is 0.270. The Labute approximate surface area is 72.1 Å². The molecular formula is C8H15NOS. The van der Waals surface area contributed by atoms with E-state index >= 15 is 0 Å². The summed E-state index contributed by atoms with van der Waals surface area (Å²) in [6.45, 7) is 6.51. The predicted molar refractivity (Wildman–Crippen MR) is 47.8 cm³/mol. The molecule has 2 aliphatic rings. The van der Waals surface area contributed by atoms with Crippen molar-refractivity contribution in [2.75, 3.05) is 13.2 Å². The van der Waals surface area contributed by atoms with Crippen LogP contribution in [-0.2, 0) is 4.74 Å². The van der Waals surface area contributed by atoms with Crippen LogP contribution in [0.25, 0.3) is 0 Å². The van der Waals surface area contributed by atoms with Gasteiger partial charge < -0.3 is 4.74 Å². The van der Waals surface area contributed by atoms with E-state index in [2.05, 4.69) is 19.2 Å². The Kier molecular flexibility index (Phi) is 1.90. The highest BCUT2D eigenvalue weighted by Gasteiger charge is 2.46. The fourth-order valence-electron chi connectivity index (χ4n) is 1.87. The van der Waals surface area contributed by atoms with Crippen molar-refractivity contribution in [1.29, 1.82) is 0 Å². The van der Waals surface area contributed by atoms with Crippen molar-refractivity contribution >= 4 is 11.8 Å². The summed E-state index contributed by atoms with van der Waals surface area (Å²) in [7, 11) is 0. The van der Waals surface area contributed by atoms with E-state index in [0.29, 0.717) is 6.10 Å². The minimum absolute atomic E-state index is 0.263. The Balaban J connectivity index is 2.10. The maximum atomic E-state index is 5.56. The molecule has 0 amide bonds. The molecule has 0 radical (unpaired) electrons. The van der Waals surface area contributed by atoms with Crippen molar-refractivity contribution in [2.45, 2.75) is 36.5 Å². The number of nitrogens with one attached hydrogen (secondary N) is 1. The van der Waals surface area contributed by atoms with Gasteiger partial charge in [-0.25, -0.2) is 0 Å². The zero-order valence-corrected chi connectivity index (χ0v) is 7.91. The summed E-state index contributed by atoms with van der Waals surface area (Å²) in [5.41, 5.74) is 0. The van der Waals surface area contributed by atoms with Crippen molar-refractivity contribution in [3.8, 4) is 0 Å². The van der Waals surface area contributed by atoms with Crippen molar-refractivity contribution in [1.82, 2.24) is 5.32 Å². The second-order valence-electron chi connectivity index (χ2n) is 3.46. The second-order valence-corrected chi connectivity index (χ2v) is 5.23. The number of rotatable bonds is 0. The highest BCUT2D eigenvalue weighted by atomic mass is 32.2. The van der Waals surface area contributed by atoms with Crippen LogP contribution in [0.4, 0.5) is 0 Å². The zero-order valence-electron chi connectivity index (χ0n) is 7.09. The lowest BCUT2D eigenvalue weighted by atomic mass is 10.1. The normalized spacial score (nSPS) is 50.7. The van der Waals surface area contributed by atoms with Gasteiger partial charge in [-0.1, -0.05) is 6.92 Å². The van der Waals surface area contributed by atoms with E-state index in [1.807, 2.05) is 11.8 Å². The largest absolute Gasteiger partial charge is 0.376 e. The topological polar surface area (TPSA) is 21.3 Å². The monoisotopic (exact) mass is 173 g/mol. The van der Waals surface area contributed by atoms with Gasteiger partial charge in [-0.3, -0.25) is 5.32 Å². The third-order valence-corrected chi connectivity index (χ3v) is 4.27. The highest BCUT2D eigenvalue weighted by Crippen LogP contribution is 2.42. The van der Waals surface area contributed by atoms with E-state index in [4.69, 9.17) is 4.74 Å². The molecule has 3 unspecified atom stereocenters. The molecule has 1 N–H and O–H groups in total. The lowest BCUT2D eigenvalue weighted by molar-refractivity contribution is 0.108. The number of hydrogen-bond acceptors (Lipinski definition) is 3. The van der Waals surface area contributed by atoms with Crippen LogP contribution in [0.15, 0.2) is 0 Å². The number of thioether (sulfide) groups is 1. The molecule has 2 rings (SSSR count). The van der Waals surface area contributed by atoms with Crippen molar-refractivity contribution < 1.29 is 4.74 Å². The van der Waals surface area contributed by atoms with Crippen LogP contribution < -0.4 is 5.32 Å². The first-order valence-corrected chi connectivity index (χ1v) is 5.15. The van der Waals surface area contributed by atoms with Crippen molar-refractivity contribution in [3.63, 3.8) is 0 Å². The van der Waals surface area contributed by atoms with Gasteiger partial charge in [0.25, 0.3) is 0 Å². The molecule has 0 bridgehead atoms. The SMILES string of the molecule is CC1CNC2(CCOC2C)S1. The fourth-order valence-corrected chi connectivity index (χ4v) is 3.38. The zero-order chi connectivity index (χ0) is 7.90. The lowest BCUT2D eigenvalue weighted by Crippen LogP contribution is -2.42. The Morgan fingerprint density at radius 1 is 1.55 bits per heavy atom. The van der Waals surface area contributed by atoms with Gasteiger partial charge in [0.05, 0.1) is 11.0 Å². The molecule has 0 aromatic rings. The van der Waals surface area contributed by atoms with E-state index in [1.165, 1.54) is 6.42 Å². The molecule has 11 heavy (non-hydrogen) atoms. The molecule has 2 nitrogen and oxygen atoms in total. The Morgan fingerprint density at radius 2 is 2.36 bits per heavy atom. The third-order valence-electron chi connectivity index (χ3n) is 2.60. The van der Waals surface area contributed by atoms with Gasteiger partial charge in [0.15, 0.2) is 0 Å². The quantitative estimate of drug-likeness (QED) is 0.595. The average molecular weight is 173 g/mol. The van der Waals surface area contributed by atoms with Gasteiger partial charge >= 0.3 is 0 Å². The first-order chi connectivity index (χ1) is 5.23. The molecule has 0 saturated carbocycles.